The number of carbonyl (C=O) groups is 1. The Labute approximate surface area is 188 Å². The van der Waals surface area contributed by atoms with Crippen LogP contribution in [0.15, 0.2) is 65.6 Å². The average Bonchev–Trinajstić information content (AvgIpc) is 2.79. The number of nitriles is 1. The van der Waals surface area contributed by atoms with Crippen LogP contribution in [0.5, 0.6) is 5.75 Å². The van der Waals surface area contributed by atoms with Crippen molar-refractivity contribution in [2.75, 3.05) is 13.7 Å². The van der Waals surface area contributed by atoms with Gasteiger partial charge in [0.25, 0.3) is 0 Å². The first-order valence-corrected chi connectivity index (χ1v) is 10.8. The average molecular weight is 453 g/mol. The Bertz CT molecular complexity index is 1220. The smallest absolute Gasteiger partial charge is 0.341 e. The molecule has 0 aliphatic heterocycles. The van der Waals surface area contributed by atoms with Crippen LogP contribution in [0.4, 0.5) is 4.39 Å². The van der Waals surface area contributed by atoms with Gasteiger partial charge in [-0.15, -0.1) is 0 Å². The summed E-state index contributed by atoms with van der Waals surface area (Å²) in [7, 11) is 0.190. The van der Waals surface area contributed by atoms with Crippen LogP contribution >= 0.6 is 0 Å². The predicted molar refractivity (Wildman–Crippen MR) is 119 cm³/mol. The summed E-state index contributed by atoms with van der Waals surface area (Å²) < 4.78 is 33.5. The monoisotopic (exact) mass is 452 g/mol. The van der Waals surface area contributed by atoms with Crippen LogP contribution in [0.2, 0.25) is 0 Å². The van der Waals surface area contributed by atoms with Gasteiger partial charge in [0.1, 0.15) is 22.6 Å². The Morgan fingerprint density at radius 3 is 2.66 bits per heavy atom. The van der Waals surface area contributed by atoms with Gasteiger partial charge in [-0.05, 0) is 66.1 Å². The van der Waals surface area contributed by atoms with Crippen molar-refractivity contribution in [2.24, 2.45) is 0 Å². The molecule has 0 radical (unpaired) electrons. The number of benzene rings is 3. The maximum absolute atomic E-state index is 13.5. The molecule has 3 aromatic carbocycles. The fourth-order valence-corrected chi connectivity index (χ4v) is 4.23. The highest BCUT2D eigenvalue weighted by molar-refractivity contribution is 7.82. The van der Waals surface area contributed by atoms with Gasteiger partial charge in [-0.3, -0.25) is 0 Å². The maximum atomic E-state index is 13.5. The summed E-state index contributed by atoms with van der Waals surface area (Å²) in [5, 5.41) is 18.2. The molecule has 32 heavy (non-hydrogen) atoms. The number of halogens is 1. The third-order valence-electron chi connectivity index (χ3n) is 4.72. The lowest BCUT2D eigenvalue weighted by molar-refractivity contribution is -0.139. The van der Waals surface area contributed by atoms with E-state index in [4.69, 9.17) is 9.84 Å². The first-order valence-electron chi connectivity index (χ1n) is 9.65. The quantitative estimate of drug-likeness (QED) is 0.551. The number of nitrogens with zero attached hydrogens (tertiary/aromatic N) is 2. The minimum atomic E-state index is -1.50. The van der Waals surface area contributed by atoms with Crippen molar-refractivity contribution in [3.8, 4) is 22.9 Å². The number of rotatable bonds is 8. The fourth-order valence-electron chi connectivity index (χ4n) is 3.14. The Morgan fingerprint density at radius 2 is 1.97 bits per heavy atom. The second-order valence-corrected chi connectivity index (χ2v) is 8.74. The van der Waals surface area contributed by atoms with Gasteiger partial charge in [-0.1, -0.05) is 18.2 Å². The molecule has 3 aromatic rings. The molecule has 0 aliphatic carbocycles. The van der Waals surface area contributed by atoms with E-state index in [-0.39, 0.29) is 5.82 Å². The molecule has 164 valence electrons. The number of ether oxygens (including phenoxy) is 1. The van der Waals surface area contributed by atoms with Gasteiger partial charge >= 0.3 is 5.97 Å². The molecule has 1 N–H and O–H groups in total. The number of hydrogen-bond acceptors (Lipinski definition) is 4. The Balaban J connectivity index is 1.91. The summed E-state index contributed by atoms with van der Waals surface area (Å²) in [5.41, 5.74) is 3.01. The molecule has 0 heterocycles. The van der Waals surface area contributed by atoms with Crippen LogP contribution in [-0.2, 0) is 22.3 Å². The molecule has 3 rings (SSSR count). The van der Waals surface area contributed by atoms with Crippen molar-refractivity contribution in [2.45, 2.75) is 18.4 Å². The topological polar surface area (TPSA) is 90.6 Å². The molecule has 0 fully saturated rings. The molecule has 1 unspecified atom stereocenters. The minimum Gasteiger partial charge on any atom is -0.481 e. The molecule has 0 saturated heterocycles. The number of carboxylic acid groups (broad SMARTS) is 1. The molecule has 0 bridgehead atoms. The third-order valence-corrected chi connectivity index (χ3v) is 6.07. The molecule has 0 amide bonds. The number of carboxylic acids is 1. The van der Waals surface area contributed by atoms with Crippen molar-refractivity contribution in [1.29, 1.82) is 5.26 Å². The highest BCUT2D eigenvalue weighted by Gasteiger charge is 2.15. The van der Waals surface area contributed by atoms with Gasteiger partial charge in [-0.2, -0.15) is 5.26 Å². The van der Waals surface area contributed by atoms with E-state index in [1.807, 2.05) is 6.07 Å². The zero-order valence-electron chi connectivity index (χ0n) is 17.5. The van der Waals surface area contributed by atoms with Gasteiger partial charge in [0.2, 0.25) is 0 Å². The third kappa shape index (κ3) is 5.58. The van der Waals surface area contributed by atoms with Crippen molar-refractivity contribution in [1.82, 2.24) is 4.31 Å². The molecule has 6 nitrogen and oxygen atoms in total. The van der Waals surface area contributed by atoms with Crippen LogP contribution < -0.4 is 4.74 Å². The zero-order valence-corrected chi connectivity index (χ0v) is 18.4. The fraction of sp³-hybridized carbons (Fsp3) is 0.167. The van der Waals surface area contributed by atoms with E-state index in [1.54, 1.807) is 60.7 Å². The molecule has 0 spiro atoms. The first-order chi connectivity index (χ1) is 15.3. The van der Waals surface area contributed by atoms with Gasteiger partial charge in [-0.25, -0.2) is 17.7 Å². The first kappa shape index (κ1) is 23.1. The molecule has 0 aromatic heterocycles. The largest absolute Gasteiger partial charge is 0.481 e. The Hall–Kier alpha value is -3.54. The summed E-state index contributed by atoms with van der Waals surface area (Å²) in [6.07, 6.45) is 0. The number of aliphatic carboxylic acids is 1. The van der Waals surface area contributed by atoms with Crippen LogP contribution in [0, 0.1) is 24.1 Å². The molecular formula is C24H21FN2O4S. The van der Waals surface area contributed by atoms with E-state index in [9.17, 15) is 18.7 Å². The molecule has 1 atom stereocenters. The Morgan fingerprint density at radius 1 is 1.19 bits per heavy atom. The van der Waals surface area contributed by atoms with Gasteiger partial charge in [0, 0.05) is 19.2 Å². The van der Waals surface area contributed by atoms with E-state index in [0.29, 0.717) is 39.4 Å². The SMILES string of the molecule is Cc1cc(S(=O)N(C)Cc2ccc(OCC(=O)O)c(-c3cccc(C#N)c3)c2)ccc1F. The minimum absolute atomic E-state index is 0.313. The molecule has 0 aliphatic rings. The number of hydrogen-bond donors (Lipinski definition) is 1. The van der Waals surface area contributed by atoms with E-state index < -0.39 is 23.6 Å². The molecular weight excluding hydrogens is 431 g/mol. The summed E-state index contributed by atoms with van der Waals surface area (Å²) in [4.78, 5) is 11.5. The lowest BCUT2D eigenvalue weighted by atomic mass is 10.00. The Kier molecular flexibility index (Phi) is 7.36. The number of aryl methyl sites for hydroxylation is 1. The van der Waals surface area contributed by atoms with Crippen LogP contribution in [0.3, 0.4) is 0 Å². The van der Waals surface area contributed by atoms with Crippen LogP contribution in [0.25, 0.3) is 11.1 Å². The lowest BCUT2D eigenvalue weighted by Gasteiger charge is -2.18. The summed E-state index contributed by atoms with van der Waals surface area (Å²) in [5.74, 6) is -1.09. The van der Waals surface area contributed by atoms with E-state index in [1.165, 1.54) is 12.1 Å². The van der Waals surface area contributed by atoms with Crippen molar-refractivity contribution >= 4 is 17.0 Å². The standard InChI is InChI=1S/C24H21FN2O4S/c1-16-10-20(7-8-22(16)25)32(30)27(2)14-18-6-9-23(31-15-24(28)29)21(12-18)19-5-3-4-17(11-19)13-26/h3-12H,14-15H2,1-2H3,(H,28,29). The van der Waals surface area contributed by atoms with Crippen molar-refractivity contribution < 1.29 is 23.2 Å². The summed E-state index contributed by atoms with van der Waals surface area (Å²) >= 11 is 0. The summed E-state index contributed by atoms with van der Waals surface area (Å²) in [6, 6.07) is 18.6. The van der Waals surface area contributed by atoms with Crippen molar-refractivity contribution in [3.05, 3.63) is 83.2 Å². The van der Waals surface area contributed by atoms with Crippen LogP contribution in [-0.4, -0.2) is 33.2 Å². The second-order valence-electron chi connectivity index (χ2n) is 7.15. The highest BCUT2D eigenvalue weighted by Crippen LogP contribution is 2.32. The van der Waals surface area contributed by atoms with Crippen molar-refractivity contribution in [3.63, 3.8) is 0 Å². The second kappa shape index (κ2) is 10.2. The zero-order chi connectivity index (χ0) is 23.3. The van der Waals surface area contributed by atoms with Gasteiger partial charge in [0.15, 0.2) is 6.61 Å². The molecule has 8 heteroatoms. The maximum Gasteiger partial charge on any atom is 0.341 e. The predicted octanol–water partition coefficient (Wildman–Crippen LogP) is 4.29. The van der Waals surface area contributed by atoms with E-state index in [0.717, 1.165) is 5.56 Å². The van der Waals surface area contributed by atoms with Crippen LogP contribution in [0.1, 0.15) is 16.7 Å². The normalized spacial score (nSPS) is 11.7. The molecule has 0 saturated carbocycles. The van der Waals surface area contributed by atoms with E-state index in [2.05, 4.69) is 6.07 Å². The lowest BCUT2D eigenvalue weighted by Crippen LogP contribution is -2.21. The van der Waals surface area contributed by atoms with Gasteiger partial charge in [0.05, 0.1) is 16.5 Å². The van der Waals surface area contributed by atoms with Gasteiger partial charge < -0.3 is 9.84 Å². The highest BCUT2D eigenvalue weighted by atomic mass is 32.2. The summed E-state index contributed by atoms with van der Waals surface area (Å²) in [6.45, 7) is 1.43. The van der Waals surface area contributed by atoms with E-state index >= 15 is 0 Å².